The molecule has 0 bridgehead atoms. The number of Topliss-reactive ketones (excluding diaryl/α,β-unsaturated/α-hetero) is 1. The molecule has 1 aromatic carbocycles. The summed E-state index contributed by atoms with van der Waals surface area (Å²) in [7, 11) is 0. The van der Waals surface area contributed by atoms with Crippen molar-refractivity contribution in [2.75, 3.05) is 31.9 Å². The number of hydrogen-bond donors (Lipinski definition) is 8. The van der Waals surface area contributed by atoms with E-state index in [1.54, 1.807) is 0 Å². The average molecular weight is 798 g/mol. The number of fused-ring (bicyclic) bond motifs is 1. The number of nitrogens with zero attached hydrogens (tertiary/aromatic N) is 5. The number of phenols is 2. The number of oxime groups is 1. The molecule has 6 amide bonds. The highest BCUT2D eigenvalue weighted by Crippen LogP contribution is 2.49. The monoisotopic (exact) mass is 797 g/mol. The summed E-state index contributed by atoms with van der Waals surface area (Å²) in [6, 6.07) is -0.391. The van der Waals surface area contributed by atoms with Crippen LogP contribution >= 0.6 is 34.7 Å². The molecule has 1 aromatic heterocycles. The fraction of sp³-hybridized carbons (Fsp3) is 0.357. The lowest BCUT2D eigenvalue weighted by molar-refractivity contribution is -0.161. The normalized spacial score (nSPS) is 21.1. The molecule has 0 spiro atoms. The number of aromatic nitrogens is 1. The number of halogens is 1. The minimum Gasteiger partial charge on any atom is -0.504 e. The molecule has 3 aliphatic heterocycles. The lowest BCUT2D eigenvalue weighted by atomic mass is 10.1. The summed E-state index contributed by atoms with van der Waals surface area (Å²) in [6.07, 6.45) is 0. The van der Waals surface area contributed by atoms with Gasteiger partial charge in [0.1, 0.15) is 17.1 Å². The van der Waals surface area contributed by atoms with E-state index in [2.05, 4.69) is 20.9 Å². The minimum atomic E-state index is -2.07. The first-order chi connectivity index (χ1) is 24.8. The number of carboxylic acids is 2. The number of carbonyl (C=O) groups excluding carboxylic acids is 6. The number of carbonyl (C=O) groups is 8. The molecule has 53 heavy (non-hydrogen) atoms. The van der Waals surface area contributed by atoms with Gasteiger partial charge in [0.2, 0.25) is 16.4 Å². The number of thioether (sulfide) groups is 1. The van der Waals surface area contributed by atoms with Crippen LogP contribution in [-0.4, -0.2) is 141 Å². The van der Waals surface area contributed by atoms with E-state index in [0.29, 0.717) is 11.8 Å². The molecule has 3 fully saturated rings. The number of carboxylic acid groups (broad SMARTS) is 2. The highest BCUT2D eigenvalue weighted by molar-refractivity contribution is 8.02. The van der Waals surface area contributed by atoms with Crippen molar-refractivity contribution in [2.45, 2.75) is 35.7 Å². The molecular weight excluding hydrogens is 770 g/mol. The molecular formula is C28H28ClN9O13S2. The number of aromatic hydroxyl groups is 2. The Morgan fingerprint density at radius 1 is 1.13 bits per heavy atom. The van der Waals surface area contributed by atoms with Crippen molar-refractivity contribution in [1.29, 1.82) is 0 Å². The molecule has 25 heteroatoms. The number of aliphatic carboxylic acids is 2. The van der Waals surface area contributed by atoms with E-state index in [4.69, 9.17) is 22.2 Å². The van der Waals surface area contributed by atoms with Crippen LogP contribution in [0.2, 0.25) is 5.02 Å². The van der Waals surface area contributed by atoms with Crippen LogP contribution in [0.3, 0.4) is 0 Å². The van der Waals surface area contributed by atoms with E-state index in [1.165, 1.54) is 19.2 Å². The van der Waals surface area contributed by atoms with Gasteiger partial charge in [0.15, 0.2) is 22.3 Å². The second-order valence-corrected chi connectivity index (χ2v) is 14.5. The molecule has 2 aromatic rings. The third kappa shape index (κ3) is 7.14. The van der Waals surface area contributed by atoms with Crippen molar-refractivity contribution in [2.24, 2.45) is 5.16 Å². The summed E-state index contributed by atoms with van der Waals surface area (Å²) in [6.45, 7) is 0.570. The van der Waals surface area contributed by atoms with Gasteiger partial charge in [-0.15, -0.1) is 11.3 Å². The predicted octanol–water partition coefficient (Wildman–Crippen LogP) is -1.68. The lowest BCUT2D eigenvalue weighted by Crippen LogP contribution is -2.68. The van der Waals surface area contributed by atoms with Crippen molar-refractivity contribution in [3.05, 3.63) is 33.8 Å². The van der Waals surface area contributed by atoms with Gasteiger partial charge in [0, 0.05) is 11.9 Å². The maximum absolute atomic E-state index is 13.4. The van der Waals surface area contributed by atoms with E-state index < -0.39 is 110 Å². The smallest absolute Gasteiger partial charge is 0.350 e. The maximum Gasteiger partial charge on any atom is 0.350 e. The first-order valence-corrected chi connectivity index (χ1v) is 17.1. The zero-order chi connectivity index (χ0) is 39.2. The predicted molar refractivity (Wildman–Crippen MR) is 180 cm³/mol. The van der Waals surface area contributed by atoms with Crippen molar-refractivity contribution >= 4 is 92.9 Å². The first-order valence-electron chi connectivity index (χ1n) is 14.9. The maximum atomic E-state index is 13.4. The molecule has 9 N–H and O–H groups in total. The molecule has 4 heterocycles. The third-order valence-electron chi connectivity index (χ3n) is 7.98. The van der Waals surface area contributed by atoms with Crippen LogP contribution in [0.15, 0.2) is 22.7 Å². The first kappa shape index (κ1) is 38.4. The number of rotatable bonds is 13. The fourth-order valence-electron chi connectivity index (χ4n) is 5.07. The Bertz CT molecular complexity index is 1990. The number of amides is 6. The number of phenolic OH excluding ortho intramolecular Hbond substituents is 2. The topological polar surface area (TPSA) is 324 Å². The zero-order valence-corrected chi connectivity index (χ0v) is 29.6. The Hall–Kier alpha value is -5.88. The van der Waals surface area contributed by atoms with Crippen molar-refractivity contribution < 1.29 is 63.6 Å². The lowest BCUT2D eigenvalue weighted by Gasteiger charge is -2.41. The highest BCUT2D eigenvalue weighted by atomic mass is 35.5. The van der Waals surface area contributed by atoms with Crippen LogP contribution in [0.4, 0.5) is 9.93 Å². The van der Waals surface area contributed by atoms with Gasteiger partial charge in [-0.1, -0.05) is 28.5 Å². The van der Waals surface area contributed by atoms with Crippen molar-refractivity contribution in [3.8, 4) is 11.5 Å². The number of ketones is 1. The number of hydrazine groups is 1. The summed E-state index contributed by atoms with van der Waals surface area (Å²) in [4.78, 5) is 110. The Morgan fingerprint density at radius 2 is 1.83 bits per heavy atom. The number of nitrogen functional groups attached to an aromatic ring is 1. The van der Waals surface area contributed by atoms with Crippen molar-refractivity contribution in [1.82, 2.24) is 35.9 Å². The summed E-state index contributed by atoms with van der Waals surface area (Å²) >= 11 is 7.43. The van der Waals surface area contributed by atoms with Gasteiger partial charge in [-0.3, -0.25) is 34.3 Å². The highest BCUT2D eigenvalue weighted by Gasteiger charge is 2.66. The molecule has 22 nitrogen and oxygen atoms in total. The van der Waals surface area contributed by atoms with Gasteiger partial charge >= 0.3 is 18.0 Å². The number of nitrogens with one attached hydrogen (secondary N) is 3. The minimum absolute atomic E-state index is 0.0414. The van der Waals surface area contributed by atoms with E-state index in [-0.39, 0.29) is 23.9 Å². The van der Waals surface area contributed by atoms with E-state index in [9.17, 15) is 58.8 Å². The van der Waals surface area contributed by atoms with Crippen LogP contribution in [0.1, 0.15) is 29.9 Å². The van der Waals surface area contributed by atoms with Gasteiger partial charge in [-0.25, -0.2) is 24.4 Å². The van der Waals surface area contributed by atoms with E-state index in [1.807, 2.05) is 5.32 Å². The van der Waals surface area contributed by atoms with Gasteiger partial charge in [-0.2, -0.15) is 0 Å². The van der Waals surface area contributed by atoms with Crippen LogP contribution in [0.5, 0.6) is 11.5 Å². The fourth-order valence-corrected chi connectivity index (χ4v) is 7.51. The molecule has 0 saturated carbocycles. The largest absolute Gasteiger partial charge is 0.504 e. The molecule has 3 atom stereocenters. The van der Waals surface area contributed by atoms with E-state index in [0.717, 1.165) is 38.3 Å². The molecule has 0 aliphatic carbocycles. The second kappa shape index (κ2) is 14.3. The number of β-lactam (4-membered cyclic amide) rings is 1. The number of thiazole rings is 1. The van der Waals surface area contributed by atoms with Crippen LogP contribution in [-0.2, 0) is 33.6 Å². The quantitative estimate of drug-likeness (QED) is 0.0280. The molecule has 3 saturated heterocycles. The van der Waals surface area contributed by atoms with Crippen LogP contribution < -0.4 is 21.8 Å². The number of hydrogen-bond acceptors (Lipinski definition) is 16. The molecule has 5 rings (SSSR count). The summed E-state index contributed by atoms with van der Waals surface area (Å²) in [5, 5.41) is 47.6. The number of benzene rings is 1. The Kier molecular flexibility index (Phi) is 10.3. The Labute approximate surface area is 309 Å². The Balaban J connectivity index is 1.22. The zero-order valence-electron chi connectivity index (χ0n) is 27.2. The average Bonchev–Trinajstić information content (AvgIpc) is 3.80. The van der Waals surface area contributed by atoms with Crippen molar-refractivity contribution in [3.63, 3.8) is 0 Å². The number of nitrogens with two attached hydrogens (primary N) is 1. The number of anilines is 1. The van der Waals surface area contributed by atoms with E-state index >= 15 is 0 Å². The van der Waals surface area contributed by atoms with Gasteiger partial charge < -0.3 is 46.5 Å². The van der Waals surface area contributed by atoms with Gasteiger partial charge in [-0.05, 0) is 26.0 Å². The molecule has 0 radical (unpaired) electrons. The second-order valence-electron chi connectivity index (χ2n) is 11.9. The summed E-state index contributed by atoms with van der Waals surface area (Å²) in [5.41, 5.74) is 4.94. The SMILES string of the molecule is CC(C)(O/N=C(\C(=O)NC1C(=O)N2C[C@@](C(=O)O)(N3CCN(NC(=O)CNC(=O)C(=O)c4ccc(O)c(O)c4Cl)C3=O)S[C@H]12)c1csc(N)n1)C(=O)O. The number of urea groups is 1. The molecule has 3 aliphatic rings. The standard InChI is InChI=1S/C28H28ClN9O13S2/c1-27(2,23(46)47)51-35-15(11-8-52-25(30)32-11)19(43)33-16-21(45)36-9-28(24(48)49,53-22(16)36)37-5-6-38(26(37)50)34-13(40)7-31-20(44)17(41)10-3-4-12(39)18(42)14(10)29/h3-4,8,16,22,39,42H,5-7,9H2,1-2H3,(H2,30,32)(H,31,44)(H,33,43)(H,34,40)(H,46,47)(H,48,49)/b35-15-/t16?,22-,28-/m1/s1. The van der Waals surface area contributed by atoms with Crippen LogP contribution in [0.25, 0.3) is 0 Å². The third-order valence-corrected chi connectivity index (χ3v) is 10.7. The molecule has 282 valence electrons. The summed E-state index contributed by atoms with van der Waals surface area (Å²) < 4.78 is 0. The molecule has 1 unspecified atom stereocenters. The summed E-state index contributed by atoms with van der Waals surface area (Å²) in [5.74, 6) is -9.64. The van der Waals surface area contributed by atoms with Crippen LogP contribution in [0, 0.1) is 0 Å². The van der Waals surface area contributed by atoms with Gasteiger partial charge in [0.05, 0.1) is 30.2 Å². The van der Waals surface area contributed by atoms with Gasteiger partial charge in [0.25, 0.3) is 23.5 Å². The Morgan fingerprint density at radius 3 is 2.45 bits per heavy atom.